The number of benzene rings is 1. The second-order valence-corrected chi connectivity index (χ2v) is 11.7. The van der Waals surface area contributed by atoms with Gasteiger partial charge in [0.1, 0.15) is 11.6 Å². The Kier molecular flexibility index (Phi) is 7.11. The molecule has 1 aliphatic heterocycles. The molecule has 5 aromatic rings. The van der Waals surface area contributed by atoms with Gasteiger partial charge in [0.05, 0.1) is 52.6 Å². The quantitative estimate of drug-likeness (QED) is 0.240. The van der Waals surface area contributed by atoms with Crippen molar-refractivity contribution in [3.8, 4) is 16.9 Å². The highest BCUT2D eigenvalue weighted by Crippen LogP contribution is 2.45. The monoisotopic (exact) mass is 648 g/mol. The molecule has 0 spiro atoms. The number of ether oxygens (including phenoxy) is 1. The Bertz CT molecular complexity index is 2020. The van der Waals surface area contributed by atoms with E-state index in [2.05, 4.69) is 20.1 Å². The topological polar surface area (TPSA) is 142 Å². The number of nitrogens with two attached hydrogens (primary N) is 1. The summed E-state index contributed by atoms with van der Waals surface area (Å²) in [4.78, 5) is 43.7. The summed E-state index contributed by atoms with van der Waals surface area (Å²) in [5.74, 6) is -2.74. The van der Waals surface area contributed by atoms with E-state index < -0.39 is 29.8 Å². The Hall–Kier alpha value is -5.11. The van der Waals surface area contributed by atoms with Gasteiger partial charge in [-0.1, -0.05) is 17.7 Å². The molecule has 1 aliphatic carbocycles. The van der Waals surface area contributed by atoms with E-state index in [0.29, 0.717) is 45.9 Å². The van der Waals surface area contributed by atoms with Crippen molar-refractivity contribution >= 4 is 40.1 Å². The smallest absolute Gasteiger partial charge is 0.423 e. The molecular formula is C31H24ClF3N8O3. The minimum Gasteiger partial charge on any atom is -0.423 e. The number of hydrogen-bond acceptors (Lipinski definition) is 8. The third-order valence-corrected chi connectivity index (χ3v) is 8.23. The fourth-order valence-corrected chi connectivity index (χ4v) is 5.70. The van der Waals surface area contributed by atoms with Crippen molar-refractivity contribution in [2.45, 2.75) is 44.9 Å². The summed E-state index contributed by atoms with van der Waals surface area (Å²) in [5, 5.41) is 5.21. The van der Waals surface area contributed by atoms with Crippen LogP contribution in [0.25, 0.3) is 22.2 Å². The number of pyridine rings is 2. The number of rotatable bonds is 8. The maximum absolute atomic E-state index is 15.0. The Balaban J connectivity index is 1.39. The first-order valence-corrected chi connectivity index (χ1v) is 14.7. The number of carbonyl (C=O) groups excluding carboxylic acids is 2. The van der Waals surface area contributed by atoms with Crippen LogP contribution in [0.15, 0.2) is 55.1 Å². The van der Waals surface area contributed by atoms with Crippen LogP contribution in [-0.4, -0.2) is 47.6 Å². The van der Waals surface area contributed by atoms with Crippen LogP contribution in [0.4, 0.5) is 18.9 Å². The molecule has 1 fully saturated rings. The van der Waals surface area contributed by atoms with Crippen molar-refractivity contribution in [3.05, 3.63) is 88.7 Å². The molecule has 7 rings (SSSR count). The molecule has 46 heavy (non-hydrogen) atoms. The number of anilines is 1. The largest absolute Gasteiger partial charge is 0.482 e. The SMILES string of the molecule is CC(c1ccc(F)cn1)n1ncc2c(-c3ccc4c(c3)OC(F)(F)C(=O)N4Cc3ncc(Cl)cn3)c(C(N)=O)c(CC3CC3)nc21. The molecule has 1 saturated carbocycles. The van der Waals surface area contributed by atoms with E-state index in [1.165, 1.54) is 36.8 Å². The van der Waals surface area contributed by atoms with Crippen LogP contribution in [0, 0.1) is 11.7 Å². The Morgan fingerprint density at radius 2 is 1.89 bits per heavy atom. The number of hydrogen-bond donors (Lipinski definition) is 1. The van der Waals surface area contributed by atoms with Crippen LogP contribution in [0.1, 0.15) is 53.4 Å². The van der Waals surface area contributed by atoms with Crippen LogP contribution in [0.2, 0.25) is 5.02 Å². The number of nitrogens with zero attached hydrogens (tertiary/aromatic N) is 7. The van der Waals surface area contributed by atoms with Crippen molar-refractivity contribution in [2.75, 3.05) is 4.90 Å². The zero-order valence-electron chi connectivity index (χ0n) is 24.1. The van der Waals surface area contributed by atoms with Crippen LogP contribution >= 0.6 is 11.6 Å². The molecule has 1 aromatic carbocycles. The van der Waals surface area contributed by atoms with E-state index in [1.54, 1.807) is 16.8 Å². The molecule has 0 radical (unpaired) electrons. The molecule has 1 atom stereocenters. The number of carbonyl (C=O) groups is 2. The molecule has 234 valence electrons. The van der Waals surface area contributed by atoms with Gasteiger partial charge in [0, 0.05) is 23.3 Å². The highest BCUT2D eigenvalue weighted by Gasteiger charge is 2.51. The van der Waals surface area contributed by atoms with Crippen molar-refractivity contribution in [1.82, 2.24) is 29.7 Å². The molecule has 0 saturated heterocycles. The maximum Gasteiger partial charge on any atom is 0.482 e. The fraction of sp³-hybridized carbons (Fsp3) is 0.258. The first-order chi connectivity index (χ1) is 22.0. The lowest BCUT2D eigenvalue weighted by Gasteiger charge is -2.33. The number of amides is 2. The first-order valence-electron chi connectivity index (χ1n) is 14.3. The minimum absolute atomic E-state index is 0.0501. The van der Waals surface area contributed by atoms with Gasteiger partial charge in [-0.2, -0.15) is 13.9 Å². The molecule has 5 heterocycles. The summed E-state index contributed by atoms with van der Waals surface area (Å²) < 4.78 is 50.1. The third-order valence-electron chi connectivity index (χ3n) is 8.03. The molecule has 11 nitrogen and oxygen atoms in total. The van der Waals surface area contributed by atoms with Crippen molar-refractivity contribution in [3.63, 3.8) is 0 Å². The van der Waals surface area contributed by atoms with Gasteiger partial charge in [-0.05, 0) is 61.9 Å². The third kappa shape index (κ3) is 5.27. The van der Waals surface area contributed by atoms with Gasteiger partial charge in [0.2, 0.25) is 0 Å². The Morgan fingerprint density at radius 3 is 2.57 bits per heavy atom. The van der Waals surface area contributed by atoms with Gasteiger partial charge in [0.15, 0.2) is 11.4 Å². The number of aromatic nitrogens is 6. The molecule has 2 aliphatic rings. The Morgan fingerprint density at radius 1 is 1.13 bits per heavy atom. The van der Waals surface area contributed by atoms with Crippen LogP contribution in [-0.2, 0) is 17.8 Å². The van der Waals surface area contributed by atoms with E-state index in [4.69, 9.17) is 27.1 Å². The predicted octanol–water partition coefficient (Wildman–Crippen LogP) is 5.25. The molecular weight excluding hydrogens is 625 g/mol. The maximum atomic E-state index is 15.0. The highest BCUT2D eigenvalue weighted by molar-refractivity contribution is 6.30. The molecule has 4 aromatic heterocycles. The second-order valence-electron chi connectivity index (χ2n) is 11.2. The number of alkyl halides is 2. The second kappa shape index (κ2) is 11.1. The van der Waals surface area contributed by atoms with E-state index >= 15 is 0 Å². The molecule has 1 unspecified atom stereocenters. The van der Waals surface area contributed by atoms with Crippen molar-refractivity contribution in [1.29, 1.82) is 0 Å². The highest BCUT2D eigenvalue weighted by atomic mass is 35.5. The van der Waals surface area contributed by atoms with Crippen molar-refractivity contribution in [2.24, 2.45) is 11.7 Å². The fourth-order valence-electron chi connectivity index (χ4n) is 5.60. The van der Waals surface area contributed by atoms with Crippen LogP contribution < -0.4 is 15.4 Å². The predicted molar refractivity (Wildman–Crippen MR) is 160 cm³/mol. The van der Waals surface area contributed by atoms with Gasteiger partial charge < -0.3 is 10.5 Å². The zero-order chi connectivity index (χ0) is 32.3. The summed E-state index contributed by atoms with van der Waals surface area (Å²) in [6.07, 6.45) is 3.41. The van der Waals surface area contributed by atoms with Gasteiger partial charge in [0.25, 0.3) is 5.91 Å². The first kappa shape index (κ1) is 29.6. The molecule has 2 N–H and O–H groups in total. The number of halogens is 4. The van der Waals surface area contributed by atoms with E-state index in [9.17, 15) is 22.8 Å². The summed E-state index contributed by atoms with van der Waals surface area (Å²) in [7, 11) is 0. The lowest BCUT2D eigenvalue weighted by molar-refractivity contribution is -0.193. The molecule has 2 amide bonds. The normalized spacial score (nSPS) is 16.3. The average Bonchev–Trinajstić information content (AvgIpc) is 3.74. The lowest BCUT2D eigenvalue weighted by Crippen LogP contribution is -2.50. The average molecular weight is 649 g/mol. The molecule has 0 bridgehead atoms. The minimum atomic E-state index is -4.20. The summed E-state index contributed by atoms with van der Waals surface area (Å²) >= 11 is 5.85. The van der Waals surface area contributed by atoms with Gasteiger partial charge >= 0.3 is 12.0 Å². The number of fused-ring (bicyclic) bond motifs is 2. The molecule has 15 heteroatoms. The van der Waals surface area contributed by atoms with Crippen molar-refractivity contribution < 1.29 is 27.5 Å². The summed E-state index contributed by atoms with van der Waals surface area (Å²) in [6, 6.07) is 6.71. The van der Waals surface area contributed by atoms with Crippen LogP contribution in [0.5, 0.6) is 5.75 Å². The van der Waals surface area contributed by atoms with E-state index in [1.807, 2.05) is 6.92 Å². The lowest BCUT2D eigenvalue weighted by atomic mass is 9.93. The van der Waals surface area contributed by atoms with E-state index in [-0.39, 0.29) is 34.4 Å². The summed E-state index contributed by atoms with van der Waals surface area (Å²) in [5.41, 5.74) is 8.15. The summed E-state index contributed by atoms with van der Waals surface area (Å²) in [6.45, 7) is 1.45. The van der Waals surface area contributed by atoms with Gasteiger partial charge in [-0.15, -0.1) is 0 Å². The van der Waals surface area contributed by atoms with E-state index in [0.717, 1.165) is 23.9 Å². The van der Waals surface area contributed by atoms with Gasteiger partial charge in [-0.3, -0.25) is 19.5 Å². The zero-order valence-corrected chi connectivity index (χ0v) is 24.9. The standard InChI is InChI=1S/C31H24ClF3N8O3/c1-15(21-6-5-19(33)12-37-21)43-29-20(13-40-43)26(27(28(36)44)22(41-29)8-16-2-3-16)17-4-7-23-24(9-17)46-31(34,35)30(45)42(23)14-25-38-10-18(32)11-39-25/h4-7,9-13,15-16H,2-3,8,14H2,1H3,(H2,36,44). The Labute approximate surface area is 264 Å². The van der Waals surface area contributed by atoms with Crippen LogP contribution in [0.3, 0.4) is 0 Å². The number of primary amides is 1. The van der Waals surface area contributed by atoms with Gasteiger partial charge in [-0.25, -0.2) is 24.0 Å².